The van der Waals surface area contributed by atoms with Gasteiger partial charge in [-0.15, -0.1) is 11.3 Å². The molecule has 1 amide bonds. The van der Waals surface area contributed by atoms with Crippen LogP contribution in [-0.2, 0) is 0 Å². The van der Waals surface area contributed by atoms with Gasteiger partial charge >= 0.3 is 6.09 Å². The minimum atomic E-state index is -1.15. The van der Waals surface area contributed by atoms with E-state index in [1.165, 1.54) is 29.5 Å². The molecule has 0 radical (unpaired) electrons. The predicted octanol–water partition coefficient (Wildman–Crippen LogP) is 5.53. The Balaban J connectivity index is 2.07. The highest BCUT2D eigenvalue weighted by Crippen LogP contribution is 2.41. The molecule has 0 unspecified atom stereocenters. The molecule has 22 heavy (non-hydrogen) atoms. The van der Waals surface area contributed by atoms with Crippen LogP contribution in [0.2, 0.25) is 5.02 Å². The number of halogens is 2. The van der Waals surface area contributed by atoms with Crippen LogP contribution in [0.5, 0.6) is 0 Å². The Morgan fingerprint density at radius 1 is 1.23 bits per heavy atom. The number of anilines is 3. The van der Waals surface area contributed by atoms with Crippen molar-refractivity contribution >= 4 is 55.5 Å². The summed E-state index contributed by atoms with van der Waals surface area (Å²) < 4.78 is 14.2. The average molecular weight is 337 g/mol. The molecule has 0 saturated heterocycles. The largest absolute Gasteiger partial charge is 0.465 e. The first-order valence-electron chi connectivity index (χ1n) is 6.28. The maximum absolute atomic E-state index is 13.2. The predicted molar refractivity (Wildman–Crippen MR) is 88.2 cm³/mol. The van der Waals surface area contributed by atoms with Crippen molar-refractivity contribution < 1.29 is 14.3 Å². The van der Waals surface area contributed by atoms with Crippen LogP contribution in [-0.4, -0.2) is 11.2 Å². The topological polar surface area (TPSA) is 61.4 Å². The first-order valence-corrected chi connectivity index (χ1v) is 7.47. The maximum atomic E-state index is 13.2. The summed E-state index contributed by atoms with van der Waals surface area (Å²) in [5.41, 5.74) is 1.19. The van der Waals surface area contributed by atoms with Gasteiger partial charge in [-0.25, -0.2) is 9.18 Å². The van der Waals surface area contributed by atoms with Crippen LogP contribution < -0.4 is 10.6 Å². The molecule has 0 saturated carbocycles. The van der Waals surface area contributed by atoms with Crippen molar-refractivity contribution in [3.8, 4) is 0 Å². The van der Waals surface area contributed by atoms with Gasteiger partial charge in [-0.3, -0.25) is 5.32 Å². The number of amides is 1. The van der Waals surface area contributed by atoms with Gasteiger partial charge in [-0.05, 0) is 24.3 Å². The van der Waals surface area contributed by atoms with Crippen molar-refractivity contribution in [1.82, 2.24) is 0 Å². The second-order valence-electron chi connectivity index (χ2n) is 4.49. The fourth-order valence-electron chi connectivity index (χ4n) is 2.07. The Labute approximate surface area is 134 Å². The van der Waals surface area contributed by atoms with Gasteiger partial charge in [-0.2, -0.15) is 0 Å². The number of hydrogen-bond donors (Lipinski definition) is 3. The fourth-order valence-corrected chi connectivity index (χ4v) is 3.30. The molecule has 0 aliphatic rings. The third-order valence-electron chi connectivity index (χ3n) is 3.00. The lowest BCUT2D eigenvalue weighted by Crippen LogP contribution is -2.07. The molecular formula is C15H10ClFN2O2S. The summed E-state index contributed by atoms with van der Waals surface area (Å²) in [5.74, 6) is -0.508. The van der Waals surface area contributed by atoms with Crippen molar-refractivity contribution in [2.45, 2.75) is 0 Å². The first-order chi connectivity index (χ1) is 10.5. The second kappa shape index (κ2) is 5.82. The van der Waals surface area contributed by atoms with Crippen LogP contribution in [0.4, 0.5) is 25.6 Å². The van der Waals surface area contributed by atoms with Crippen LogP contribution in [0.3, 0.4) is 0 Å². The lowest BCUT2D eigenvalue weighted by molar-refractivity contribution is 0.210. The molecule has 0 spiro atoms. The summed E-state index contributed by atoms with van der Waals surface area (Å²) in [4.78, 5) is 10.9. The van der Waals surface area contributed by atoms with Gasteiger partial charge in [0.15, 0.2) is 0 Å². The molecule has 112 valence electrons. The van der Waals surface area contributed by atoms with Gasteiger partial charge in [0.05, 0.1) is 10.7 Å². The molecule has 0 atom stereocenters. The van der Waals surface area contributed by atoms with Crippen molar-refractivity contribution in [3.63, 3.8) is 0 Å². The van der Waals surface area contributed by atoms with Crippen molar-refractivity contribution in [3.05, 3.63) is 53.3 Å². The SMILES string of the molecule is O=C(O)Nc1sc2ccccc2c1Nc1ccc(F)c(Cl)c1. The van der Waals surface area contributed by atoms with Gasteiger partial charge in [-0.1, -0.05) is 29.8 Å². The van der Waals surface area contributed by atoms with E-state index in [9.17, 15) is 9.18 Å². The number of carbonyl (C=O) groups is 1. The number of hydrogen-bond acceptors (Lipinski definition) is 3. The van der Waals surface area contributed by atoms with Crippen LogP contribution in [0.25, 0.3) is 10.1 Å². The summed E-state index contributed by atoms with van der Waals surface area (Å²) in [6, 6.07) is 11.8. The molecule has 0 fully saturated rings. The lowest BCUT2D eigenvalue weighted by atomic mass is 10.2. The number of benzene rings is 2. The van der Waals surface area contributed by atoms with E-state index in [0.717, 1.165) is 10.1 Å². The highest BCUT2D eigenvalue weighted by molar-refractivity contribution is 7.23. The van der Waals surface area contributed by atoms with E-state index in [4.69, 9.17) is 16.7 Å². The summed E-state index contributed by atoms with van der Waals surface area (Å²) >= 11 is 7.09. The third kappa shape index (κ3) is 2.84. The van der Waals surface area contributed by atoms with Gasteiger partial charge in [0.2, 0.25) is 0 Å². The Morgan fingerprint density at radius 3 is 2.73 bits per heavy atom. The summed E-state index contributed by atoms with van der Waals surface area (Å²) in [7, 11) is 0. The number of nitrogens with one attached hydrogen (secondary N) is 2. The molecule has 7 heteroatoms. The molecular weight excluding hydrogens is 327 g/mol. The van der Waals surface area contributed by atoms with E-state index in [0.29, 0.717) is 16.4 Å². The van der Waals surface area contributed by atoms with Crippen molar-refractivity contribution in [1.29, 1.82) is 0 Å². The normalized spacial score (nSPS) is 10.6. The van der Waals surface area contributed by atoms with Crippen LogP contribution in [0, 0.1) is 5.82 Å². The Hall–Kier alpha value is -2.31. The molecule has 3 rings (SSSR count). The van der Waals surface area contributed by atoms with Crippen LogP contribution >= 0.6 is 22.9 Å². The quantitative estimate of drug-likeness (QED) is 0.589. The molecule has 1 heterocycles. The van der Waals surface area contributed by atoms with E-state index in [-0.39, 0.29) is 5.02 Å². The minimum absolute atomic E-state index is 0.00252. The highest BCUT2D eigenvalue weighted by Gasteiger charge is 2.14. The van der Waals surface area contributed by atoms with Gasteiger partial charge < -0.3 is 10.4 Å². The van der Waals surface area contributed by atoms with E-state index in [1.807, 2.05) is 24.3 Å². The molecule has 0 aliphatic heterocycles. The van der Waals surface area contributed by atoms with Gasteiger partial charge in [0.1, 0.15) is 10.8 Å². The molecule has 0 bridgehead atoms. The molecule has 0 aliphatic carbocycles. The monoisotopic (exact) mass is 336 g/mol. The van der Waals surface area contributed by atoms with Crippen LogP contribution in [0.1, 0.15) is 0 Å². The number of rotatable bonds is 3. The maximum Gasteiger partial charge on any atom is 0.409 e. The van der Waals surface area contributed by atoms with Gasteiger partial charge in [0.25, 0.3) is 0 Å². The van der Waals surface area contributed by atoms with E-state index in [2.05, 4.69) is 10.6 Å². The summed E-state index contributed by atoms with van der Waals surface area (Å²) in [6.07, 6.45) is -1.15. The zero-order valence-corrected chi connectivity index (χ0v) is 12.6. The average Bonchev–Trinajstić information content (AvgIpc) is 2.80. The zero-order valence-electron chi connectivity index (χ0n) is 11.1. The molecule has 3 N–H and O–H groups in total. The number of carboxylic acid groups (broad SMARTS) is 1. The zero-order chi connectivity index (χ0) is 15.7. The second-order valence-corrected chi connectivity index (χ2v) is 5.95. The van der Waals surface area contributed by atoms with Crippen molar-refractivity contribution in [2.24, 2.45) is 0 Å². The number of fused-ring (bicyclic) bond motifs is 1. The van der Waals surface area contributed by atoms with Crippen molar-refractivity contribution in [2.75, 3.05) is 10.6 Å². The lowest BCUT2D eigenvalue weighted by Gasteiger charge is -2.09. The number of thiophene rings is 1. The van der Waals surface area contributed by atoms with Gasteiger partial charge in [0, 0.05) is 15.8 Å². The third-order valence-corrected chi connectivity index (χ3v) is 4.38. The fraction of sp³-hybridized carbons (Fsp3) is 0. The summed E-state index contributed by atoms with van der Waals surface area (Å²) in [5, 5.41) is 15.8. The smallest absolute Gasteiger partial charge is 0.409 e. The standard InChI is InChI=1S/C15H10ClFN2O2S/c16-10-7-8(5-6-11(10)17)18-13-9-3-1-2-4-12(9)22-14(13)19-15(20)21/h1-7,18-19H,(H,20,21). The Morgan fingerprint density at radius 2 is 2.00 bits per heavy atom. The first kappa shape index (κ1) is 14.6. The molecule has 4 nitrogen and oxygen atoms in total. The summed E-state index contributed by atoms with van der Waals surface area (Å²) in [6.45, 7) is 0. The van der Waals surface area contributed by atoms with E-state index in [1.54, 1.807) is 0 Å². The van der Waals surface area contributed by atoms with E-state index >= 15 is 0 Å². The highest BCUT2D eigenvalue weighted by atomic mass is 35.5. The molecule has 2 aromatic carbocycles. The minimum Gasteiger partial charge on any atom is -0.465 e. The molecule has 3 aromatic rings. The Kier molecular flexibility index (Phi) is 3.87. The molecule has 1 aromatic heterocycles. The van der Waals surface area contributed by atoms with E-state index < -0.39 is 11.9 Å². The Bertz CT molecular complexity index is 866. The van der Waals surface area contributed by atoms with Crippen LogP contribution in [0.15, 0.2) is 42.5 Å².